The van der Waals surface area contributed by atoms with Crippen molar-refractivity contribution in [3.05, 3.63) is 65.2 Å². The van der Waals surface area contributed by atoms with Gasteiger partial charge in [0.15, 0.2) is 0 Å². The van der Waals surface area contributed by atoms with E-state index in [-0.39, 0.29) is 0 Å². The lowest BCUT2D eigenvalue weighted by molar-refractivity contribution is -0.138. The Kier molecular flexibility index (Phi) is 4.41. The van der Waals surface area contributed by atoms with E-state index in [1.807, 2.05) is 49.4 Å². The van der Waals surface area contributed by atoms with Gasteiger partial charge in [0.1, 0.15) is 5.75 Å². The van der Waals surface area contributed by atoms with Crippen LogP contribution in [0.1, 0.15) is 22.6 Å². The SMILES string of the molecule is COc1cccc(C(Cc2ccc(C)cc2)C(=O)O)c1. The predicted octanol–water partition coefficient (Wildman–Crippen LogP) is 3.41. The fourth-order valence-corrected chi connectivity index (χ4v) is 2.17. The monoisotopic (exact) mass is 270 g/mol. The summed E-state index contributed by atoms with van der Waals surface area (Å²) < 4.78 is 5.16. The van der Waals surface area contributed by atoms with E-state index in [2.05, 4.69) is 0 Å². The van der Waals surface area contributed by atoms with Gasteiger partial charge in [-0.25, -0.2) is 0 Å². The van der Waals surface area contributed by atoms with Crippen molar-refractivity contribution in [2.45, 2.75) is 19.3 Å². The van der Waals surface area contributed by atoms with Gasteiger partial charge in [-0.2, -0.15) is 0 Å². The average Bonchev–Trinajstić information content (AvgIpc) is 2.46. The molecule has 0 amide bonds. The smallest absolute Gasteiger partial charge is 0.311 e. The number of methoxy groups -OCH3 is 1. The number of rotatable bonds is 5. The second-order valence-corrected chi connectivity index (χ2v) is 4.86. The largest absolute Gasteiger partial charge is 0.497 e. The van der Waals surface area contributed by atoms with Crippen molar-refractivity contribution >= 4 is 5.97 Å². The Morgan fingerprint density at radius 1 is 1.20 bits per heavy atom. The van der Waals surface area contributed by atoms with E-state index < -0.39 is 11.9 Å². The molecule has 0 aliphatic heterocycles. The summed E-state index contributed by atoms with van der Waals surface area (Å²) in [6.07, 6.45) is 0.475. The van der Waals surface area contributed by atoms with Gasteiger partial charge >= 0.3 is 5.97 Å². The first-order chi connectivity index (χ1) is 9.60. The fourth-order valence-electron chi connectivity index (χ4n) is 2.17. The number of aliphatic carboxylic acids is 1. The molecule has 1 N–H and O–H groups in total. The zero-order chi connectivity index (χ0) is 14.5. The van der Waals surface area contributed by atoms with Crippen molar-refractivity contribution in [2.75, 3.05) is 7.11 Å². The van der Waals surface area contributed by atoms with Crippen LogP contribution in [0.4, 0.5) is 0 Å². The molecule has 0 aromatic heterocycles. The lowest BCUT2D eigenvalue weighted by Crippen LogP contribution is -2.14. The molecular weight excluding hydrogens is 252 g/mol. The second kappa shape index (κ2) is 6.24. The van der Waals surface area contributed by atoms with Gasteiger partial charge < -0.3 is 9.84 Å². The second-order valence-electron chi connectivity index (χ2n) is 4.86. The summed E-state index contributed by atoms with van der Waals surface area (Å²) in [5.41, 5.74) is 2.95. The van der Waals surface area contributed by atoms with E-state index in [9.17, 15) is 9.90 Å². The Balaban J connectivity index is 2.26. The van der Waals surface area contributed by atoms with Crippen molar-refractivity contribution in [1.82, 2.24) is 0 Å². The molecule has 0 aliphatic rings. The van der Waals surface area contributed by atoms with E-state index in [1.54, 1.807) is 13.2 Å². The maximum atomic E-state index is 11.5. The van der Waals surface area contributed by atoms with Crippen LogP contribution in [0, 0.1) is 6.92 Å². The van der Waals surface area contributed by atoms with Crippen LogP contribution in [-0.2, 0) is 11.2 Å². The summed E-state index contributed by atoms with van der Waals surface area (Å²) >= 11 is 0. The van der Waals surface area contributed by atoms with E-state index in [0.29, 0.717) is 12.2 Å². The van der Waals surface area contributed by atoms with Gasteiger partial charge in [-0.15, -0.1) is 0 Å². The van der Waals surface area contributed by atoms with Gasteiger partial charge in [0.05, 0.1) is 13.0 Å². The van der Waals surface area contributed by atoms with Gasteiger partial charge in [0, 0.05) is 0 Å². The summed E-state index contributed by atoms with van der Waals surface area (Å²) in [6.45, 7) is 2.01. The molecule has 0 saturated carbocycles. The number of carboxylic acid groups (broad SMARTS) is 1. The number of ether oxygens (including phenoxy) is 1. The minimum Gasteiger partial charge on any atom is -0.497 e. The summed E-state index contributed by atoms with van der Waals surface area (Å²) in [4.78, 5) is 11.5. The summed E-state index contributed by atoms with van der Waals surface area (Å²) in [6, 6.07) is 15.2. The number of carbonyl (C=O) groups is 1. The van der Waals surface area contributed by atoms with Crippen LogP contribution in [-0.4, -0.2) is 18.2 Å². The van der Waals surface area contributed by atoms with Crippen LogP contribution in [0.5, 0.6) is 5.75 Å². The maximum absolute atomic E-state index is 11.5. The fraction of sp³-hybridized carbons (Fsp3) is 0.235. The van der Waals surface area contributed by atoms with E-state index in [4.69, 9.17) is 4.74 Å². The van der Waals surface area contributed by atoms with Gasteiger partial charge in [0.2, 0.25) is 0 Å². The van der Waals surface area contributed by atoms with Crippen molar-refractivity contribution in [3.8, 4) is 5.75 Å². The quantitative estimate of drug-likeness (QED) is 0.905. The van der Waals surface area contributed by atoms with Gasteiger partial charge in [-0.1, -0.05) is 42.0 Å². The Bertz CT molecular complexity index is 587. The number of hydrogen-bond donors (Lipinski definition) is 1. The zero-order valence-electron chi connectivity index (χ0n) is 11.7. The molecule has 0 spiro atoms. The highest BCUT2D eigenvalue weighted by molar-refractivity contribution is 5.76. The first-order valence-electron chi connectivity index (χ1n) is 6.52. The Morgan fingerprint density at radius 2 is 1.90 bits per heavy atom. The Hall–Kier alpha value is -2.29. The molecule has 2 aromatic carbocycles. The van der Waals surface area contributed by atoms with Gasteiger partial charge in [-0.3, -0.25) is 4.79 Å². The molecule has 3 nitrogen and oxygen atoms in total. The molecule has 1 unspecified atom stereocenters. The predicted molar refractivity (Wildman–Crippen MR) is 78.3 cm³/mol. The molecule has 20 heavy (non-hydrogen) atoms. The van der Waals surface area contributed by atoms with E-state index in [0.717, 1.165) is 11.1 Å². The highest BCUT2D eigenvalue weighted by Crippen LogP contribution is 2.25. The third kappa shape index (κ3) is 3.38. The lowest BCUT2D eigenvalue weighted by Gasteiger charge is -2.14. The molecule has 0 fully saturated rings. The molecule has 0 heterocycles. The van der Waals surface area contributed by atoms with Crippen molar-refractivity contribution < 1.29 is 14.6 Å². The van der Waals surface area contributed by atoms with Gasteiger partial charge in [0.25, 0.3) is 0 Å². The summed E-state index contributed by atoms with van der Waals surface area (Å²) in [5.74, 6) is -0.704. The van der Waals surface area contributed by atoms with E-state index >= 15 is 0 Å². The molecule has 0 radical (unpaired) electrons. The van der Waals surface area contributed by atoms with E-state index in [1.165, 1.54) is 5.56 Å². The van der Waals surface area contributed by atoms with Crippen molar-refractivity contribution in [3.63, 3.8) is 0 Å². The third-order valence-electron chi connectivity index (χ3n) is 3.35. The van der Waals surface area contributed by atoms with Crippen molar-refractivity contribution in [2.24, 2.45) is 0 Å². The van der Waals surface area contributed by atoms with Crippen LogP contribution in [0.25, 0.3) is 0 Å². The van der Waals surface area contributed by atoms with Crippen LogP contribution in [0.3, 0.4) is 0 Å². The molecule has 2 aromatic rings. The van der Waals surface area contributed by atoms with Crippen LogP contribution >= 0.6 is 0 Å². The summed E-state index contributed by atoms with van der Waals surface area (Å²) in [7, 11) is 1.58. The van der Waals surface area contributed by atoms with Crippen molar-refractivity contribution in [1.29, 1.82) is 0 Å². The first kappa shape index (κ1) is 14.1. The highest BCUT2D eigenvalue weighted by atomic mass is 16.5. The zero-order valence-corrected chi connectivity index (χ0v) is 11.7. The molecule has 0 saturated heterocycles. The number of hydrogen-bond acceptors (Lipinski definition) is 2. The van der Waals surface area contributed by atoms with Crippen LogP contribution in [0.2, 0.25) is 0 Å². The molecular formula is C17H18O3. The summed E-state index contributed by atoms with van der Waals surface area (Å²) in [5, 5.41) is 9.47. The van der Waals surface area contributed by atoms with Crippen LogP contribution < -0.4 is 4.74 Å². The third-order valence-corrected chi connectivity index (χ3v) is 3.35. The standard InChI is InChI=1S/C17H18O3/c1-12-6-8-13(9-7-12)10-16(17(18)19)14-4-3-5-15(11-14)20-2/h3-9,11,16H,10H2,1-2H3,(H,18,19). The minimum atomic E-state index is -0.821. The Morgan fingerprint density at radius 3 is 2.50 bits per heavy atom. The molecule has 0 bridgehead atoms. The number of aryl methyl sites for hydroxylation is 1. The number of carboxylic acids is 1. The normalized spacial score (nSPS) is 11.9. The Labute approximate surface area is 118 Å². The lowest BCUT2D eigenvalue weighted by atomic mass is 9.91. The average molecular weight is 270 g/mol. The minimum absolute atomic E-state index is 0.475. The molecule has 1 atom stereocenters. The number of benzene rings is 2. The van der Waals surface area contributed by atoms with Crippen LogP contribution in [0.15, 0.2) is 48.5 Å². The molecule has 0 aliphatic carbocycles. The maximum Gasteiger partial charge on any atom is 0.311 e. The first-order valence-corrected chi connectivity index (χ1v) is 6.52. The highest BCUT2D eigenvalue weighted by Gasteiger charge is 2.20. The molecule has 104 valence electrons. The molecule has 2 rings (SSSR count). The topological polar surface area (TPSA) is 46.5 Å². The molecule has 3 heteroatoms. The van der Waals surface area contributed by atoms with Gasteiger partial charge in [-0.05, 0) is 36.6 Å².